The van der Waals surface area contributed by atoms with Gasteiger partial charge in [0.25, 0.3) is 11.8 Å². The van der Waals surface area contributed by atoms with Gasteiger partial charge in [0.05, 0.1) is 37.6 Å². The zero-order valence-corrected chi connectivity index (χ0v) is 15.3. The predicted octanol–water partition coefficient (Wildman–Crippen LogP) is 2.38. The van der Waals surface area contributed by atoms with E-state index in [0.29, 0.717) is 17.1 Å². The lowest BCUT2D eigenvalue weighted by atomic mass is 10.2. The van der Waals surface area contributed by atoms with Gasteiger partial charge in [0, 0.05) is 5.56 Å². The van der Waals surface area contributed by atoms with E-state index in [2.05, 4.69) is 15.8 Å². The van der Waals surface area contributed by atoms with E-state index in [1.165, 1.54) is 32.6 Å². The van der Waals surface area contributed by atoms with Gasteiger partial charge in [-0.1, -0.05) is 23.7 Å². The number of methoxy groups -OCH3 is 2. The van der Waals surface area contributed by atoms with Crippen LogP contribution in [-0.4, -0.2) is 38.8 Å². The number of hydrogen-bond donors (Lipinski definition) is 2. The third-order valence-corrected chi connectivity index (χ3v) is 3.74. The number of rotatable bonds is 7. The molecule has 9 heteroatoms. The lowest BCUT2D eigenvalue weighted by Gasteiger charge is -2.09. The summed E-state index contributed by atoms with van der Waals surface area (Å²) in [5, 5.41) is 6.03. The molecular formula is C18H17ClFN3O4. The van der Waals surface area contributed by atoms with Crippen LogP contribution in [0.15, 0.2) is 41.5 Å². The van der Waals surface area contributed by atoms with Crippen LogP contribution in [-0.2, 0) is 4.79 Å². The average molecular weight is 394 g/mol. The molecule has 0 aromatic heterocycles. The quantitative estimate of drug-likeness (QED) is 0.558. The van der Waals surface area contributed by atoms with Crippen LogP contribution < -0.4 is 20.2 Å². The molecule has 0 heterocycles. The molecule has 2 aromatic rings. The summed E-state index contributed by atoms with van der Waals surface area (Å²) < 4.78 is 24.1. The molecule has 0 unspecified atom stereocenters. The fraction of sp³-hybridized carbons (Fsp3) is 0.167. The Labute approximate surface area is 160 Å². The second kappa shape index (κ2) is 9.54. The highest BCUT2D eigenvalue weighted by molar-refractivity contribution is 6.33. The molecule has 2 rings (SSSR count). The molecule has 0 aliphatic heterocycles. The summed E-state index contributed by atoms with van der Waals surface area (Å²) in [5.41, 5.74) is 2.51. The Hall–Kier alpha value is -3.13. The smallest absolute Gasteiger partial charge is 0.259 e. The summed E-state index contributed by atoms with van der Waals surface area (Å²) in [5.74, 6) is -1.20. The van der Waals surface area contributed by atoms with Crippen molar-refractivity contribution in [2.24, 2.45) is 5.10 Å². The topological polar surface area (TPSA) is 89.0 Å². The molecule has 2 aromatic carbocycles. The van der Waals surface area contributed by atoms with E-state index < -0.39 is 24.2 Å². The van der Waals surface area contributed by atoms with Gasteiger partial charge in [-0.05, 0) is 24.3 Å². The van der Waals surface area contributed by atoms with Gasteiger partial charge < -0.3 is 14.8 Å². The van der Waals surface area contributed by atoms with Crippen molar-refractivity contribution >= 4 is 29.6 Å². The minimum Gasteiger partial charge on any atom is -0.493 e. The number of carbonyl (C=O) groups excluding carboxylic acids is 2. The number of carbonyl (C=O) groups is 2. The first kappa shape index (κ1) is 20.2. The van der Waals surface area contributed by atoms with Gasteiger partial charge in [0.1, 0.15) is 5.82 Å². The molecule has 2 amide bonds. The number of hydrazone groups is 1. The average Bonchev–Trinajstić information content (AvgIpc) is 2.65. The summed E-state index contributed by atoms with van der Waals surface area (Å²) in [4.78, 5) is 23.7. The van der Waals surface area contributed by atoms with Gasteiger partial charge in [-0.3, -0.25) is 9.59 Å². The molecule has 142 valence electrons. The maximum absolute atomic E-state index is 13.7. The first-order chi connectivity index (χ1) is 13.0. The fourth-order valence-corrected chi connectivity index (χ4v) is 2.44. The summed E-state index contributed by atoms with van der Waals surface area (Å²) in [6, 6.07) is 9.04. The van der Waals surface area contributed by atoms with E-state index in [1.807, 2.05) is 0 Å². The van der Waals surface area contributed by atoms with E-state index in [0.717, 1.165) is 6.07 Å². The SMILES string of the molecule is COc1cccc(/C=N/NC(=O)CNC(=O)c2c(F)cccc2Cl)c1OC. The zero-order chi connectivity index (χ0) is 19.8. The molecule has 27 heavy (non-hydrogen) atoms. The number of nitrogens with zero attached hydrogens (tertiary/aromatic N) is 1. The van der Waals surface area contributed by atoms with E-state index >= 15 is 0 Å². The van der Waals surface area contributed by atoms with E-state index in [-0.39, 0.29) is 10.6 Å². The van der Waals surface area contributed by atoms with Crippen LogP contribution in [0.5, 0.6) is 11.5 Å². The van der Waals surface area contributed by atoms with Gasteiger partial charge in [-0.25, -0.2) is 9.82 Å². The molecule has 0 atom stereocenters. The summed E-state index contributed by atoms with van der Waals surface area (Å²) >= 11 is 5.80. The Morgan fingerprint density at radius 2 is 1.93 bits per heavy atom. The third kappa shape index (κ3) is 5.18. The van der Waals surface area contributed by atoms with Crippen LogP contribution in [0.25, 0.3) is 0 Å². The number of nitrogens with one attached hydrogen (secondary N) is 2. The van der Waals surface area contributed by atoms with Crippen molar-refractivity contribution < 1.29 is 23.5 Å². The Morgan fingerprint density at radius 1 is 1.19 bits per heavy atom. The highest BCUT2D eigenvalue weighted by Gasteiger charge is 2.16. The van der Waals surface area contributed by atoms with Crippen molar-refractivity contribution in [3.63, 3.8) is 0 Å². The Kier molecular flexibility index (Phi) is 7.13. The van der Waals surface area contributed by atoms with Crippen molar-refractivity contribution in [1.29, 1.82) is 0 Å². The lowest BCUT2D eigenvalue weighted by molar-refractivity contribution is -0.120. The molecular weight excluding hydrogens is 377 g/mol. The van der Waals surface area contributed by atoms with Crippen LogP contribution in [0.3, 0.4) is 0 Å². The second-order valence-corrected chi connectivity index (χ2v) is 5.56. The summed E-state index contributed by atoms with van der Waals surface area (Å²) in [6.07, 6.45) is 1.37. The normalized spacial score (nSPS) is 10.5. The van der Waals surface area contributed by atoms with Gasteiger partial charge in [0.2, 0.25) is 0 Å². The predicted molar refractivity (Wildman–Crippen MR) is 99.0 cm³/mol. The molecule has 0 aliphatic carbocycles. The van der Waals surface area contributed by atoms with Gasteiger partial charge in [-0.2, -0.15) is 5.10 Å². The van der Waals surface area contributed by atoms with Gasteiger partial charge in [0.15, 0.2) is 11.5 Å². The fourth-order valence-electron chi connectivity index (χ4n) is 2.19. The van der Waals surface area contributed by atoms with Crippen molar-refractivity contribution in [1.82, 2.24) is 10.7 Å². The molecule has 0 aliphatic rings. The number of hydrogen-bond acceptors (Lipinski definition) is 5. The van der Waals surface area contributed by atoms with Crippen LogP contribution >= 0.6 is 11.6 Å². The number of benzene rings is 2. The highest BCUT2D eigenvalue weighted by Crippen LogP contribution is 2.29. The molecule has 0 saturated heterocycles. The second-order valence-electron chi connectivity index (χ2n) is 5.16. The standard InChI is InChI=1S/C18H17ClFN3O4/c1-26-14-8-3-5-11(17(14)27-2)9-22-23-15(24)10-21-18(25)16-12(19)6-4-7-13(16)20/h3-9H,10H2,1-2H3,(H,21,25)(H,23,24)/b22-9+. The van der Waals surface area contributed by atoms with Crippen LogP contribution in [0.4, 0.5) is 4.39 Å². The van der Waals surface area contributed by atoms with Crippen molar-refractivity contribution in [3.8, 4) is 11.5 Å². The number of ether oxygens (including phenoxy) is 2. The monoisotopic (exact) mass is 393 g/mol. The number of amides is 2. The van der Waals surface area contributed by atoms with E-state index in [4.69, 9.17) is 21.1 Å². The van der Waals surface area contributed by atoms with Crippen LogP contribution in [0.1, 0.15) is 15.9 Å². The lowest BCUT2D eigenvalue weighted by Crippen LogP contribution is -2.35. The van der Waals surface area contributed by atoms with E-state index in [1.54, 1.807) is 18.2 Å². The van der Waals surface area contributed by atoms with Gasteiger partial charge in [-0.15, -0.1) is 0 Å². The number of halogens is 2. The maximum atomic E-state index is 13.7. The number of para-hydroxylation sites is 1. The minimum absolute atomic E-state index is 0.0453. The third-order valence-electron chi connectivity index (χ3n) is 3.43. The minimum atomic E-state index is -0.799. The molecule has 0 fully saturated rings. The molecule has 0 saturated carbocycles. The molecule has 0 radical (unpaired) electrons. The molecule has 0 spiro atoms. The highest BCUT2D eigenvalue weighted by atomic mass is 35.5. The maximum Gasteiger partial charge on any atom is 0.259 e. The van der Waals surface area contributed by atoms with Crippen molar-refractivity contribution in [2.75, 3.05) is 20.8 Å². The van der Waals surface area contributed by atoms with E-state index in [9.17, 15) is 14.0 Å². The zero-order valence-electron chi connectivity index (χ0n) is 14.6. The Bertz CT molecular complexity index is 853. The Balaban J connectivity index is 1.93. The molecule has 0 bridgehead atoms. The first-order valence-electron chi connectivity index (χ1n) is 7.73. The van der Waals surface area contributed by atoms with Crippen LogP contribution in [0.2, 0.25) is 5.02 Å². The largest absolute Gasteiger partial charge is 0.493 e. The van der Waals surface area contributed by atoms with Crippen molar-refractivity contribution in [3.05, 3.63) is 58.4 Å². The van der Waals surface area contributed by atoms with Gasteiger partial charge >= 0.3 is 0 Å². The first-order valence-corrected chi connectivity index (χ1v) is 8.10. The molecule has 2 N–H and O–H groups in total. The Morgan fingerprint density at radius 3 is 2.59 bits per heavy atom. The summed E-state index contributed by atoms with van der Waals surface area (Å²) in [7, 11) is 2.99. The molecule has 7 nitrogen and oxygen atoms in total. The van der Waals surface area contributed by atoms with Crippen molar-refractivity contribution in [2.45, 2.75) is 0 Å². The summed E-state index contributed by atoms with van der Waals surface area (Å²) in [6.45, 7) is -0.407. The van der Waals surface area contributed by atoms with Crippen LogP contribution in [0, 0.1) is 5.82 Å².